The van der Waals surface area contributed by atoms with E-state index >= 15 is 0 Å². The number of methoxy groups -OCH3 is 1. The van der Waals surface area contributed by atoms with Gasteiger partial charge in [0.1, 0.15) is 5.75 Å². The highest BCUT2D eigenvalue weighted by Gasteiger charge is 2.16. The van der Waals surface area contributed by atoms with E-state index in [0.29, 0.717) is 11.8 Å². The molecule has 2 N–H and O–H groups in total. The van der Waals surface area contributed by atoms with Crippen LogP contribution in [0.5, 0.6) is 5.75 Å². The summed E-state index contributed by atoms with van der Waals surface area (Å²) in [6.07, 6.45) is 3.57. The van der Waals surface area contributed by atoms with Gasteiger partial charge in [-0.25, -0.2) is 0 Å². The second-order valence-electron chi connectivity index (χ2n) is 7.30. The van der Waals surface area contributed by atoms with Crippen LogP contribution in [0.4, 0.5) is 5.88 Å². The van der Waals surface area contributed by atoms with Gasteiger partial charge in [-0.05, 0) is 47.7 Å². The minimum Gasteiger partial charge on any atom is -0.497 e. The molecule has 1 aromatic heterocycles. The largest absolute Gasteiger partial charge is 0.497 e. The lowest BCUT2D eigenvalue weighted by molar-refractivity contribution is 0.337. The number of hydrogen-bond acceptors (Lipinski definition) is 4. The maximum absolute atomic E-state index is 6.14. The van der Waals surface area contributed by atoms with Crippen molar-refractivity contribution in [1.82, 2.24) is 10.1 Å². The van der Waals surface area contributed by atoms with Crippen LogP contribution in [-0.2, 0) is 0 Å². The maximum atomic E-state index is 6.14. The summed E-state index contributed by atoms with van der Waals surface area (Å²) in [6.45, 7) is 4.02. The Morgan fingerprint density at radius 1 is 1.11 bits per heavy atom. The van der Waals surface area contributed by atoms with Gasteiger partial charge in [-0.15, -0.1) is 0 Å². The predicted molar refractivity (Wildman–Crippen MR) is 111 cm³/mol. The number of ether oxygens (including phenoxy) is 1. The summed E-state index contributed by atoms with van der Waals surface area (Å²) in [5.74, 6) is 1.92. The van der Waals surface area contributed by atoms with Gasteiger partial charge in [0.05, 0.1) is 12.8 Å². The van der Waals surface area contributed by atoms with Crippen molar-refractivity contribution in [3.63, 3.8) is 0 Å². The van der Waals surface area contributed by atoms with E-state index in [0.717, 1.165) is 42.8 Å². The molecule has 6 heteroatoms. The fourth-order valence-electron chi connectivity index (χ4n) is 3.65. The molecule has 0 spiro atoms. The molecule has 0 saturated carbocycles. The second kappa shape index (κ2) is 7.92. The molecule has 4 rings (SSSR count). The Bertz CT molecular complexity index is 989. The standard InChI is InChI=1S/C22H26N4O2/c1-15(16-6-7-18-13-19(27-2)9-8-17(18)12-16)20-14-21(28-25-20)24-22(23)26-10-4-3-5-11-26/h6-9,12-15H,3-5,10-11H2,1-2H3,(H2,23,24). The van der Waals surface area contributed by atoms with Gasteiger partial charge in [0.2, 0.25) is 0 Å². The molecule has 2 heterocycles. The number of nitrogens with two attached hydrogens (primary N) is 1. The second-order valence-corrected chi connectivity index (χ2v) is 7.30. The van der Waals surface area contributed by atoms with Crippen LogP contribution < -0.4 is 10.5 Å². The van der Waals surface area contributed by atoms with Crippen LogP contribution in [0.3, 0.4) is 0 Å². The average Bonchev–Trinajstić information content (AvgIpc) is 3.21. The number of piperidine rings is 1. The van der Waals surface area contributed by atoms with E-state index in [1.54, 1.807) is 7.11 Å². The summed E-state index contributed by atoms with van der Waals surface area (Å²) in [5.41, 5.74) is 8.16. The summed E-state index contributed by atoms with van der Waals surface area (Å²) >= 11 is 0. The molecule has 1 fully saturated rings. The van der Waals surface area contributed by atoms with Crippen LogP contribution in [-0.4, -0.2) is 36.2 Å². The van der Waals surface area contributed by atoms with Crippen molar-refractivity contribution in [2.24, 2.45) is 10.7 Å². The number of guanidine groups is 1. The van der Waals surface area contributed by atoms with Crippen molar-refractivity contribution < 1.29 is 9.26 Å². The van der Waals surface area contributed by atoms with Crippen molar-refractivity contribution in [2.75, 3.05) is 20.2 Å². The fourth-order valence-corrected chi connectivity index (χ4v) is 3.65. The normalized spacial score (nSPS) is 16.4. The number of benzene rings is 2. The third kappa shape index (κ3) is 3.81. The zero-order valence-corrected chi connectivity index (χ0v) is 16.4. The lowest BCUT2D eigenvalue weighted by Crippen LogP contribution is -2.40. The first-order valence-corrected chi connectivity index (χ1v) is 9.77. The smallest absolute Gasteiger partial charge is 0.253 e. The summed E-state index contributed by atoms with van der Waals surface area (Å²) in [7, 11) is 1.68. The van der Waals surface area contributed by atoms with E-state index < -0.39 is 0 Å². The molecule has 1 aliphatic heterocycles. The van der Waals surface area contributed by atoms with Gasteiger partial charge in [0.25, 0.3) is 5.88 Å². The van der Waals surface area contributed by atoms with E-state index in [1.165, 1.54) is 17.4 Å². The highest BCUT2D eigenvalue weighted by Crippen LogP contribution is 2.30. The molecule has 0 radical (unpaired) electrons. The van der Waals surface area contributed by atoms with Crippen LogP contribution in [0.2, 0.25) is 0 Å². The van der Waals surface area contributed by atoms with E-state index in [2.05, 4.69) is 46.2 Å². The molecule has 1 unspecified atom stereocenters. The molecule has 0 aliphatic carbocycles. The monoisotopic (exact) mass is 378 g/mol. The topological polar surface area (TPSA) is 76.9 Å². The van der Waals surface area contributed by atoms with Crippen LogP contribution in [0, 0.1) is 0 Å². The molecule has 0 amide bonds. The molecule has 1 aliphatic rings. The number of aromatic nitrogens is 1. The molecule has 1 atom stereocenters. The molecule has 0 bridgehead atoms. The zero-order chi connectivity index (χ0) is 19.5. The SMILES string of the molecule is COc1ccc2cc(C(C)c3cc(/N=C(/N)N4CCCCC4)on3)ccc2c1. The van der Waals surface area contributed by atoms with Crippen LogP contribution in [0.25, 0.3) is 10.8 Å². The van der Waals surface area contributed by atoms with Crippen LogP contribution in [0.15, 0.2) is 52.0 Å². The summed E-state index contributed by atoms with van der Waals surface area (Å²) < 4.78 is 10.7. The number of nitrogens with zero attached hydrogens (tertiary/aromatic N) is 3. The first-order chi connectivity index (χ1) is 13.6. The van der Waals surface area contributed by atoms with Crippen molar-refractivity contribution in [3.8, 4) is 5.75 Å². The first kappa shape index (κ1) is 18.3. The molecule has 28 heavy (non-hydrogen) atoms. The van der Waals surface area contributed by atoms with Gasteiger partial charge < -0.3 is 19.9 Å². The third-order valence-corrected chi connectivity index (χ3v) is 5.44. The van der Waals surface area contributed by atoms with Crippen molar-refractivity contribution >= 4 is 22.6 Å². The lowest BCUT2D eigenvalue weighted by Gasteiger charge is -2.27. The van der Waals surface area contributed by atoms with E-state index in [4.69, 9.17) is 15.0 Å². The Balaban J connectivity index is 1.53. The van der Waals surface area contributed by atoms with Gasteiger partial charge in [-0.2, -0.15) is 4.99 Å². The van der Waals surface area contributed by atoms with Gasteiger partial charge in [-0.3, -0.25) is 0 Å². The Morgan fingerprint density at radius 2 is 1.86 bits per heavy atom. The fraction of sp³-hybridized carbons (Fsp3) is 0.364. The summed E-state index contributed by atoms with van der Waals surface area (Å²) in [5, 5.41) is 6.54. The van der Waals surface area contributed by atoms with Crippen molar-refractivity contribution in [2.45, 2.75) is 32.1 Å². The first-order valence-electron chi connectivity index (χ1n) is 9.77. The highest BCUT2D eigenvalue weighted by atomic mass is 16.5. The molecule has 1 saturated heterocycles. The van der Waals surface area contributed by atoms with Crippen molar-refractivity contribution in [3.05, 3.63) is 53.7 Å². The molecular formula is C22H26N4O2. The Kier molecular flexibility index (Phi) is 5.19. The summed E-state index contributed by atoms with van der Waals surface area (Å²) in [6, 6.07) is 14.4. The Morgan fingerprint density at radius 3 is 2.64 bits per heavy atom. The quantitative estimate of drug-likeness (QED) is 0.537. The van der Waals surface area contributed by atoms with E-state index in [-0.39, 0.29) is 5.92 Å². The molecule has 146 valence electrons. The van der Waals surface area contributed by atoms with Crippen LogP contribution in [0.1, 0.15) is 43.4 Å². The third-order valence-electron chi connectivity index (χ3n) is 5.44. The van der Waals surface area contributed by atoms with Gasteiger partial charge in [0.15, 0.2) is 5.96 Å². The van der Waals surface area contributed by atoms with Gasteiger partial charge in [-0.1, -0.05) is 36.3 Å². The molecule has 6 nitrogen and oxygen atoms in total. The minimum absolute atomic E-state index is 0.0930. The number of likely N-dealkylation sites (tertiary alicyclic amines) is 1. The number of rotatable bonds is 4. The highest BCUT2D eigenvalue weighted by molar-refractivity contribution is 5.84. The Hall–Kier alpha value is -3.02. The predicted octanol–water partition coefficient (Wildman–Crippen LogP) is 4.42. The molecule has 3 aromatic rings. The number of hydrogen-bond donors (Lipinski definition) is 1. The number of fused-ring (bicyclic) bond motifs is 1. The van der Waals surface area contributed by atoms with Gasteiger partial charge >= 0.3 is 0 Å². The molecular weight excluding hydrogens is 352 g/mol. The Labute approximate surface area is 165 Å². The summed E-state index contributed by atoms with van der Waals surface area (Å²) in [4.78, 5) is 6.53. The number of aliphatic imine (C=N–C) groups is 1. The zero-order valence-electron chi connectivity index (χ0n) is 16.4. The van der Waals surface area contributed by atoms with Crippen molar-refractivity contribution in [1.29, 1.82) is 0 Å². The minimum atomic E-state index is 0.0930. The van der Waals surface area contributed by atoms with Gasteiger partial charge in [0, 0.05) is 25.1 Å². The van der Waals surface area contributed by atoms with E-state index in [1.807, 2.05) is 18.2 Å². The maximum Gasteiger partial charge on any atom is 0.253 e. The lowest BCUT2D eigenvalue weighted by atomic mass is 9.95. The molecule has 2 aromatic carbocycles. The van der Waals surface area contributed by atoms with Crippen LogP contribution >= 0.6 is 0 Å². The average molecular weight is 378 g/mol. The van der Waals surface area contributed by atoms with E-state index in [9.17, 15) is 0 Å².